The van der Waals surface area contributed by atoms with Gasteiger partial charge in [0.2, 0.25) is 0 Å². The van der Waals surface area contributed by atoms with Gasteiger partial charge in [-0.2, -0.15) is 0 Å². The zero-order valence-corrected chi connectivity index (χ0v) is 9.47. The van der Waals surface area contributed by atoms with Crippen LogP contribution in [0.2, 0.25) is 0 Å². The number of hydrogen-bond donors (Lipinski definition) is 2. The first-order valence-electron chi connectivity index (χ1n) is 5.65. The van der Waals surface area contributed by atoms with Crippen molar-refractivity contribution in [1.29, 1.82) is 0 Å². The summed E-state index contributed by atoms with van der Waals surface area (Å²) in [4.78, 5) is 4.45. The SMILES string of the molecule is Cc1oc(C2CC2)nc1-c1ccc(O)c(O)c1. The van der Waals surface area contributed by atoms with Gasteiger partial charge in [-0.3, -0.25) is 0 Å². The van der Waals surface area contributed by atoms with Crippen molar-refractivity contribution >= 4 is 0 Å². The van der Waals surface area contributed by atoms with Gasteiger partial charge in [-0.05, 0) is 38.0 Å². The molecule has 1 saturated carbocycles. The average molecular weight is 231 g/mol. The number of phenols is 2. The molecule has 1 aliphatic rings. The van der Waals surface area contributed by atoms with Crippen LogP contribution in [0.25, 0.3) is 11.3 Å². The Hall–Kier alpha value is -1.97. The second-order valence-corrected chi connectivity index (χ2v) is 4.43. The molecular weight excluding hydrogens is 218 g/mol. The minimum Gasteiger partial charge on any atom is -0.504 e. The van der Waals surface area contributed by atoms with E-state index >= 15 is 0 Å². The van der Waals surface area contributed by atoms with Crippen LogP contribution in [-0.4, -0.2) is 15.2 Å². The Morgan fingerprint density at radius 3 is 2.65 bits per heavy atom. The summed E-state index contributed by atoms with van der Waals surface area (Å²) in [5.74, 6) is 1.73. The lowest BCUT2D eigenvalue weighted by molar-refractivity contribution is 0.404. The van der Waals surface area contributed by atoms with Gasteiger partial charge in [-0.1, -0.05) is 0 Å². The van der Waals surface area contributed by atoms with Crippen LogP contribution in [0.1, 0.15) is 30.4 Å². The summed E-state index contributed by atoms with van der Waals surface area (Å²) >= 11 is 0. The van der Waals surface area contributed by atoms with E-state index < -0.39 is 0 Å². The van der Waals surface area contributed by atoms with Crippen molar-refractivity contribution < 1.29 is 14.6 Å². The summed E-state index contributed by atoms with van der Waals surface area (Å²) in [5.41, 5.74) is 1.50. The van der Waals surface area contributed by atoms with E-state index in [1.807, 2.05) is 6.92 Å². The van der Waals surface area contributed by atoms with Crippen LogP contribution in [0, 0.1) is 6.92 Å². The molecule has 88 valence electrons. The monoisotopic (exact) mass is 231 g/mol. The molecule has 0 atom stereocenters. The molecule has 0 aliphatic heterocycles. The Balaban J connectivity index is 2.04. The van der Waals surface area contributed by atoms with Gasteiger partial charge in [0.1, 0.15) is 11.5 Å². The number of rotatable bonds is 2. The lowest BCUT2D eigenvalue weighted by Gasteiger charge is -2.00. The van der Waals surface area contributed by atoms with Gasteiger partial charge < -0.3 is 14.6 Å². The molecule has 0 spiro atoms. The number of hydrogen-bond acceptors (Lipinski definition) is 4. The molecule has 3 rings (SSSR count). The highest BCUT2D eigenvalue weighted by Gasteiger charge is 2.29. The summed E-state index contributed by atoms with van der Waals surface area (Å²) in [5, 5.41) is 18.7. The summed E-state index contributed by atoms with van der Waals surface area (Å²) in [6.45, 7) is 1.86. The maximum absolute atomic E-state index is 9.47. The average Bonchev–Trinajstić information content (AvgIpc) is 3.07. The lowest BCUT2D eigenvalue weighted by atomic mass is 10.1. The highest BCUT2D eigenvalue weighted by atomic mass is 16.4. The molecule has 0 amide bonds. The lowest BCUT2D eigenvalue weighted by Crippen LogP contribution is -1.82. The highest BCUT2D eigenvalue weighted by Crippen LogP contribution is 2.41. The Morgan fingerprint density at radius 2 is 2.00 bits per heavy atom. The predicted molar refractivity (Wildman–Crippen MR) is 62.0 cm³/mol. The van der Waals surface area contributed by atoms with Crippen molar-refractivity contribution in [2.24, 2.45) is 0 Å². The molecule has 0 radical (unpaired) electrons. The number of benzene rings is 1. The van der Waals surface area contributed by atoms with Gasteiger partial charge in [0.25, 0.3) is 0 Å². The summed E-state index contributed by atoms with van der Waals surface area (Å²) < 4.78 is 5.61. The minimum atomic E-state index is -0.141. The second kappa shape index (κ2) is 3.52. The van der Waals surface area contributed by atoms with Gasteiger partial charge in [0, 0.05) is 11.5 Å². The normalized spacial score (nSPS) is 15.1. The van der Waals surface area contributed by atoms with Crippen LogP contribution < -0.4 is 0 Å². The Labute approximate surface area is 98.5 Å². The highest BCUT2D eigenvalue weighted by molar-refractivity contribution is 5.65. The maximum atomic E-state index is 9.47. The van der Waals surface area contributed by atoms with Crippen LogP contribution in [-0.2, 0) is 0 Å². The molecule has 1 aliphatic carbocycles. The smallest absolute Gasteiger partial charge is 0.198 e. The van der Waals surface area contributed by atoms with E-state index in [1.165, 1.54) is 12.1 Å². The molecular formula is C13H13NO3. The molecule has 17 heavy (non-hydrogen) atoms. The third-order valence-electron chi connectivity index (χ3n) is 2.99. The predicted octanol–water partition coefficient (Wildman–Crippen LogP) is 2.94. The molecule has 0 saturated heterocycles. The fraction of sp³-hybridized carbons (Fsp3) is 0.308. The molecule has 1 heterocycles. The Kier molecular flexibility index (Phi) is 2.11. The summed E-state index contributed by atoms with van der Waals surface area (Å²) in [6, 6.07) is 4.67. The van der Waals surface area contributed by atoms with E-state index in [2.05, 4.69) is 4.98 Å². The third kappa shape index (κ3) is 1.75. The van der Waals surface area contributed by atoms with E-state index in [4.69, 9.17) is 4.42 Å². The van der Waals surface area contributed by atoms with E-state index in [0.29, 0.717) is 5.92 Å². The molecule has 4 heteroatoms. The molecule has 2 N–H and O–H groups in total. The summed E-state index contributed by atoms with van der Waals surface area (Å²) in [6.07, 6.45) is 2.28. The number of oxazole rings is 1. The number of aryl methyl sites for hydroxylation is 1. The van der Waals surface area contributed by atoms with Crippen LogP contribution in [0.15, 0.2) is 22.6 Å². The molecule has 1 fully saturated rings. The molecule has 1 aromatic carbocycles. The first-order valence-corrected chi connectivity index (χ1v) is 5.65. The van der Waals surface area contributed by atoms with Crippen molar-refractivity contribution in [3.05, 3.63) is 29.9 Å². The van der Waals surface area contributed by atoms with Crippen molar-refractivity contribution in [1.82, 2.24) is 4.98 Å². The van der Waals surface area contributed by atoms with Crippen molar-refractivity contribution in [2.45, 2.75) is 25.7 Å². The molecule has 1 aromatic heterocycles. The van der Waals surface area contributed by atoms with E-state index in [-0.39, 0.29) is 11.5 Å². The fourth-order valence-electron chi connectivity index (χ4n) is 1.86. The largest absolute Gasteiger partial charge is 0.504 e. The Bertz CT molecular complexity index is 570. The first kappa shape index (κ1) is 10.2. The van der Waals surface area contributed by atoms with Crippen molar-refractivity contribution in [3.8, 4) is 22.8 Å². The van der Waals surface area contributed by atoms with Gasteiger partial charge in [0.05, 0.1) is 0 Å². The van der Waals surface area contributed by atoms with Crippen LogP contribution in [0.5, 0.6) is 11.5 Å². The van der Waals surface area contributed by atoms with Crippen molar-refractivity contribution in [3.63, 3.8) is 0 Å². The quantitative estimate of drug-likeness (QED) is 0.780. The Morgan fingerprint density at radius 1 is 1.24 bits per heavy atom. The molecule has 0 unspecified atom stereocenters. The first-order chi connectivity index (χ1) is 8.15. The zero-order chi connectivity index (χ0) is 12.0. The van der Waals surface area contributed by atoms with Crippen LogP contribution in [0.3, 0.4) is 0 Å². The maximum Gasteiger partial charge on any atom is 0.198 e. The number of aromatic nitrogens is 1. The second-order valence-electron chi connectivity index (χ2n) is 4.43. The fourth-order valence-corrected chi connectivity index (χ4v) is 1.86. The van der Waals surface area contributed by atoms with Crippen molar-refractivity contribution in [2.75, 3.05) is 0 Å². The summed E-state index contributed by atoms with van der Waals surface area (Å²) in [7, 11) is 0. The van der Waals surface area contributed by atoms with Crippen LogP contribution in [0.4, 0.5) is 0 Å². The molecule has 0 bridgehead atoms. The number of nitrogens with zero attached hydrogens (tertiary/aromatic N) is 1. The van der Waals surface area contributed by atoms with Gasteiger partial charge >= 0.3 is 0 Å². The number of aromatic hydroxyl groups is 2. The standard InChI is InChI=1S/C13H13NO3/c1-7-12(14-13(17-7)8-2-3-8)9-4-5-10(15)11(16)6-9/h4-6,8,15-16H,2-3H2,1H3. The minimum absolute atomic E-state index is 0.127. The van der Waals surface area contributed by atoms with E-state index in [1.54, 1.807) is 6.07 Å². The zero-order valence-electron chi connectivity index (χ0n) is 9.47. The third-order valence-corrected chi connectivity index (χ3v) is 2.99. The van der Waals surface area contributed by atoms with Crippen LogP contribution >= 0.6 is 0 Å². The molecule has 4 nitrogen and oxygen atoms in total. The van der Waals surface area contributed by atoms with Gasteiger partial charge in [-0.25, -0.2) is 4.98 Å². The molecule has 2 aromatic rings. The van der Waals surface area contributed by atoms with Gasteiger partial charge in [-0.15, -0.1) is 0 Å². The number of phenolic OH excluding ortho intramolecular Hbond substituents is 2. The van der Waals surface area contributed by atoms with E-state index in [0.717, 1.165) is 35.7 Å². The topological polar surface area (TPSA) is 66.5 Å². The van der Waals surface area contributed by atoms with Gasteiger partial charge in [0.15, 0.2) is 17.4 Å². The van der Waals surface area contributed by atoms with E-state index in [9.17, 15) is 10.2 Å².